The van der Waals surface area contributed by atoms with E-state index in [-0.39, 0.29) is 0 Å². The van der Waals surface area contributed by atoms with Crippen molar-refractivity contribution >= 4 is 5.95 Å². The summed E-state index contributed by atoms with van der Waals surface area (Å²) in [7, 11) is 1.56. The van der Waals surface area contributed by atoms with E-state index in [1.807, 2.05) is 6.92 Å². The zero-order valence-corrected chi connectivity index (χ0v) is 9.74. The summed E-state index contributed by atoms with van der Waals surface area (Å²) >= 11 is 0. The highest BCUT2D eigenvalue weighted by molar-refractivity contribution is 5.25. The van der Waals surface area contributed by atoms with Gasteiger partial charge in [-0.25, -0.2) is 0 Å². The number of nitrogens with zero attached hydrogens (tertiary/aromatic N) is 3. The van der Waals surface area contributed by atoms with Gasteiger partial charge in [-0.1, -0.05) is 13.8 Å². The molecule has 0 aromatic carbocycles. The van der Waals surface area contributed by atoms with Crippen molar-refractivity contribution < 1.29 is 4.74 Å². The molecule has 1 aromatic rings. The van der Waals surface area contributed by atoms with Crippen LogP contribution in [0.1, 0.15) is 26.6 Å². The Balaban J connectivity index is 2.89. The largest absolute Gasteiger partial charge is 0.467 e. The van der Waals surface area contributed by atoms with E-state index in [9.17, 15) is 0 Å². The van der Waals surface area contributed by atoms with Crippen LogP contribution in [-0.2, 0) is 6.42 Å². The van der Waals surface area contributed by atoms with Crippen molar-refractivity contribution in [3.05, 3.63) is 5.82 Å². The van der Waals surface area contributed by atoms with Crippen molar-refractivity contribution in [2.45, 2.75) is 27.2 Å². The van der Waals surface area contributed by atoms with Crippen LogP contribution in [0.5, 0.6) is 6.01 Å². The van der Waals surface area contributed by atoms with Gasteiger partial charge in [0, 0.05) is 13.0 Å². The molecule has 0 saturated heterocycles. The molecule has 0 fully saturated rings. The summed E-state index contributed by atoms with van der Waals surface area (Å²) in [6, 6.07) is 0.372. The van der Waals surface area contributed by atoms with E-state index in [0.717, 1.165) is 18.8 Å². The summed E-state index contributed by atoms with van der Waals surface area (Å²) in [6.07, 6.45) is 0.831. The Morgan fingerprint density at radius 2 is 2.00 bits per heavy atom. The van der Waals surface area contributed by atoms with Crippen LogP contribution in [-0.4, -0.2) is 28.6 Å². The van der Waals surface area contributed by atoms with Gasteiger partial charge in [-0.05, 0) is 12.8 Å². The molecule has 0 spiro atoms. The Bertz CT molecular complexity index is 314. The molecule has 0 saturated carbocycles. The van der Waals surface area contributed by atoms with E-state index >= 15 is 0 Å². The van der Waals surface area contributed by atoms with Gasteiger partial charge in [-0.3, -0.25) is 0 Å². The first-order chi connectivity index (χ1) is 7.15. The van der Waals surface area contributed by atoms with Gasteiger partial charge >= 0.3 is 6.01 Å². The van der Waals surface area contributed by atoms with Crippen LogP contribution in [0.2, 0.25) is 0 Å². The second kappa shape index (κ2) is 5.48. The van der Waals surface area contributed by atoms with Crippen molar-refractivity contribution in [2.75, 3.05) is 19.0 Å². The molecule has 1 rings (SSSR count). The molecule has 0 unspecified atom stereocenters. The molecular weight excluding hydrogens is 192 g/mol. The molecule has 5 nitrogen and oxygen atoms in total. The molecule has 1 aromatic heterocycles. The normalized spacial score (nSPS) is 10.5. The lowest BCUT2D eigenvalue weighted by Gasteiger charge is -2.07. The number of ether oxygens (including phenoxy) is 1. The lowest BCUT2D eigenvalue weighted by atomic mass is 10.1. The number of nitrogens with one attached hydrogen (secondary N) is 1. The zero-order chi connectivity index (χ0) is 11.3. The highest BCUT2D eigenvalue weighted by Gasteiger charge is 2.07. The number of hydrogen-bond donors (Lipinski definition) is 1. The second-order valence-corrected chi connectivity index (χ2v) is 3.69. The molecular formula is C10H18N4O. The predicted molar refractivity (Wildman–Crippen MR) is 59.1 cm³/mol. The molecule has 1 heterocycles. The Labute approximate surface area is 90.3 Å². The summed E-state index contributed by atoms with van der Waals surface area (Å²) in [5, 5.41) is 3.05. The van der Waals surface area contributed by atoms with Gasteiger partial charge < -0.3 is 10.1 Å². The Morgan fingerprint density at radius 1 is 1.27 bits per heavy atom. The average Bonchev–Trinajstić information content (AvgIpc) is 2.16. The predicted octanol–water partition coefficient (Wildman–Crippen LogP) is 1.51. The van der Waals surface area contributed by atoms with Crippen LogP contribution in [0.25, 0.3) is 0 Å². The second-order valence-electron chi connectivity index (χ2n) is 3.69. The van der Waals surface area contributed by atoms with Crippen LogP contribution in [0.4, 0.5) is 5.95 Å². The fourth-order valence-corrected chi connectivity index (χ4v) is 1.18. The first kappa shape index (κ1) is 11.7. The van der Waals surface area contributed by atoms with E-state index in [1.165, 1.54) is 0 Å². The average molecular weight is 210 g/mol. The lowest BCUT2D eigenvalue weighted by Crippen LogP contribution is -2.09. The van der Waals surface area contributed by atoms with Crippen LogP contribution in [0.15, 0.2) is 0 Å². The van der Waals surface area contributed by atoms with Gasteiger partial charge in [0.2, 0.25) is 5.95 Å². The monoisotopic (exact) mass is 210 g/mol. The Morgan fingerprint density at radius 3 is 2.53 bits per heavy atom. The van der Waals surface area contributed by atoms with Crippen LogP contribution in [0.3, 0.4) is 0 Å². The van der Waals surface area contributed by atoms with Gasteiger partial charge in [0.25, 0.3) is 0 Å². The summed E-state index contributed by atoms with van der Waals surface area (Å²) in [6.45, 7) is 7.04. The summed E-state index contributed by atoms with van der Waals surface area (Å²) in [4.78, 5) is 12.6. The zero-order valence-electron chi connectivity index (χ0n) is 9.74. The number of methoxy groups -OCH3 is 1. The lowest BCUT2D eigenvalue weighted by molar-refractivity contribution is 0.375. The topological polar surface area (TPSA) is 59.9 Å². The van der Waals surface area contributed by atoms with E-state index in [0.29, 0.717) is 17.9 Å². The number of rotatable bonds is 5. The van der Waals surface area contributed by atoms with E-state index in [1.54, 1.807) is 7.11 Å². The van der Waals surface area contributed by atoms with Crippen molar-refractivity contribution in [1.82, 2.24) is 15.0 Å². The van der Waals surface area contributed by atoms with Crippen LogP contribution in [0, 0.1) is 5.92 Å². The fourth-order valence-electron chi connectivity index (χ4n) is 1.18. The smallest absolute Gasteiger partial charge is 0.321 e. The molecule has 0 aliphatic rings. The molecule has 0 aliphatic carbocycles. The maximum atomic E-state index is 5.02. The fraction of sp³-hybridized carbons (Fsp3) is 0.700. The van der Waals surface area contributed by atoms with Crippen LogP contribution >= 0.6 is 0 Å². The van der Waals surface area contributed by atoms with E-state index in [2.05, 4.69) is 34.1 Å². The first-order valence-corrected chi connectivity index (χ1v) is 5.18. The number of hydrogen-bond acceptors (Lipinski definition) is 5. The third-order valence-electron chi connectivity index (χ3n) is 1.77. The molecule has 0 bridgehead atoms. The van der Waals surface area contributed by atoms with Crippen molar-refractivity contribution in [3.8, 4) is 6.01 Å². The maximum absolute atomic E-state index is 5.02. The Hall–Kier alpha value is -1.39. The standard InChI is InChI=1S/C10H18N4O/c1-5-11-9-12-8(6-7(2)3)13-10(14-9)15-4/h7H,5-6H2,1-4H3,(H,11,12,13,14). The highest BCUT2D eigenvalue weighted by Crippen LogP contribution is 2.10. The number of aromatic nitrogens is 3. The van der Waals surface area contributed by atoms with Crippen molar-refractivity contribution in [2.24, 2.45) is 5.92 Å². The number of anilines is 1. The minimum absolute atomic E-state index is 0.372. The third-order valence-corrected chi connectivity index (χ3v) is 1.77. The third kappa shape index (κ3) is 3.69. The summed E-state index contributed by atoms with van der Waals surface area (Å²) in [5.41, 5.74) is 0. The minimum atomic E-state index is 0.372. The van der Waals surface area contributed by atoms with Crippen LogP contribution < -0.4 is 10.1 Å². The van der Waals surface area contributed by atoms with Crippen molar-refractivity contribution in [1.29, 1.82) is 0 Å². The maximum Gasteiger partial charge on any atom is 0.321 e. The molecule has 15 heavy (non-hydrogen) atoms. The molecule has 1 N–H and O–H groups in total. The summed E-state index contributed by atoms with van der Waals surface area (Å²) in [5.74, 6) is 1.87. The first-order valence-electron chi connectivity index (χ1n) is 5.18. The molecule has 0 radical (unpaired) electrons. The van der Waals surface area contributed by atoms with Gasteiger partial charge in [0.05, 0.1) is 7.11 Å². The molecule has 0 atom stereocenters. The van der Waals surface area contributed by atoms with Gasteiger partial charge in [0.15, 0.2) is 0 Å². The SMILES string of the molecule is CCNc1nc(CC(C)C)nc(OC)n1. The molecule has 84 valence electrons. The molecule has 0 amide bonds. The van der Waals surface area contributed by atoms with Gasteiger partial charge in [-0.15, -0.1) is 0 Å². The quantitative estimate of drug-likeness (QED) is 0.798. The molecule has 5 heteroatoms. The van der Waals surface area contributed by atoms with E-state index in [4.69, 9.17) is 4.74 Å². The van der Waals surface area contributed by atoms with Gasteiger partial charge in [0.1, 0.15) is 5.82 Å². The van der Waals surface area contributed by atoms with E-state index < -0.39 is 0 Å². The highest BCUT2D eigenvalue weighted by atomic mass is 16.5. The van der Waals surface area contributed by atoms with Crippen molar-refractivity contribution in [3.63, 3.8) is 0 Å². The molecule has 0 aliphatic heterocycles. The minimum Gasteiger partial charge on any atom is -0.467 e. The van der Waals surface area contributed by atoms with Gasteiger partial charge in [-0.2, -0.15) is 15.0 Å². The summed E-state index contributed by atoms with van der Waals surface area (Å²) < 4.78 is 5.02. The Kier molecular flexibility index (Phi) is 4.27.